The van der Waals surface area contributed by atoms with Gasteiger partial charge in [-0.05, 0) is 18.7 Å². The molecule has 1 aromatic heterocycles. The quantitative estimate of drug-likeness (QED) is 0.868. The fraction of sp³-hybridized carbons (Fsp3) is 0.538. The number of likely N-dealkylation sites (N-methyl/N-ethyl adjacent to an activating group) is 1. The normalized spacial score (nSPS) is 15.9. The molecule has 0 aliphatic carbocycles. The third kappa shape index (κ3) is 4.78. The Morgan fingerprint density at radius 3 is 2.68 bits per heavy atom. The number of piperazine rings is 1. The topological polar surface area (TPSA) is 48.5 Å². The number of hydrogen-bond donors (Lipinski definition) is 1. The molecule has 106 valence electrons. The number of amides is 1. The fourth-order valence-corrected chi connectivity index (χ4v) is 2.17. The number of carbonyl (C=O) groups is 1. The maximum Gasteiger partial charge on any atom is 0.236 e. The van der Waals surface area contributed by atoms with E-state index in [1.54, 1.807) is 13.2 Å². The second kappa shape index (κ2) is 8.09. The molecule has 0 radical (unpaired) electrons. The van der Waals surface area contributed by atoms with Crippen LogP contribution in [0.1, 0.15) is 5.56 Å². The Hall–Kier alpha value is -1.17. The summed E-state index contributed by atoms with van der Waals surface area (Å²) in [6.45, 7) is 4.86. The number of pyridine rings is 1. The summed E-state index contributed by atoms with van der Waals surface area (Å²) in [4.78, 5) is 20.1. The molecule has 1 aliphatic rings. The molecule has 0 saturated carbocycles. The Balaban J connectivity index is 0.00000180. The number of nitrogens with zero attached hydrogens (tertiary/aromatic N) is 3. The van der Waals surface area contributed by atoms with Crippen molar-refractivity contribution in [1.82, 2.24) is 20.1 Å². The summed E-state index contributed by atoms with van der Waals surface area (Å²) in [5, 5.41) is 2.90. The minimum atomic E-state index is 0. The lowest BCUT2D eigenvalue weighted by Gasteiger charge is -2.34. The summed E-state index contributed by atoms with van der Waals surface area (Å²) in [5.41, 5.74) is 1.23. The molecule has 2 heterocycles. The molecule has 0 spiro atoms. The van der Waals surface area contributed by atoms with E-state index in [0.717, 1.165) is 32.7 Å². The van der Waals surface area contributed by atoms with Crippen molar-refractivity contribution in [3.8, 4) is 0 Å². The van der Waals surface area contributed by atoms with Crippen molar-refractivity contribution in [2.75, 3.05) is 39.8 Å². The van der Waals surface area contributed by atoms with Crippen molar-refractivity contribution in [2.45, 2.75) is 6.54 Å². The number of halogens is 1. The Bertz CT molecular complexity index is 379. The van der Waals surface area contributed by atoms with E-state index in [4.69, 9.17) is 0 Å². The zero-order valence-electron chi connectivity index (χ0n) is 11.2. The monoisotopic (exact) mass is 284 g/mol. The second-order valence-electron chi connectivity index (χ2n) is 4.55. The predicted molar refractivity (Wildman–Crippen MR) is 77.3 cm³/mol. The van der Waals surface area contributed by atoms with Gasteiger partial charge in [0, 0.05) is 45.1 Å². The highest BCUT2D eigenvalue weighted by molar-refractivity contribution is 5.85. The molecule has 0 aromatic carbocycles. The van der Waals surface area contributed by atoms with Gasteiger partial charge in [0.15, 0.2) is 0 Å². The minimum Gasteiger partial charge on any atom is -0.339 e. The fourth-order valence-electron chi connectivity index (χ4n) is 2.17. The van der Waals surface area contributed by atoms with Crippen LogP contribution in [0.5, 0.6) is 0 Å². The standard InChI is InChI=1S/C13H20N4O.ClH/c1-14-10-13(18)17-7-5-16(6-8-17)11-12-3-2-4-15-9-12;/h2-4,9,14H,5-8,10-11H2,1H3;1H. The van der Waals surface area contributed by atoms with Gasteiger partial charge in [0.05, 0.1) is 6.54 Å². The van der Waals surface area contributed by atoms with Gasteiger partial charge in [0.2, 0.25) is 5.91 Å². The van der Waals surface area contributed by atoms with Crippen LogP contribution >= 0.6 is 12.4 Å². The summed E-state index contributed by atoms with van der Waals surface area (Å²) in [7, 11) is 1.80. The van der Waals surface area contributed by atoms with E-state index >= 15 is 0 Å². The SMILES string of the molecule is CNCC(=O)N1CCN(Cc2cccnc2)CC1.Cl. The molecule has 2 rings (SSSR count). The van der Waals surface area contributed by atoms with Crippen LogP contribution in [0.25, 0.3) is 0 Å². The Morgan fingerprint density at radius 2 is 2.11 bits per heavy atom. The molecule has 19 heavy (non-hydrogen) atoms. The van der Waals surface area contributed by atoms with Crippen LogP contribution in [-0.4, -0.2) is 60.5 Å². The van der Waals surface area contributed by atoms with Gasteiger partial charge in [0.1, 0.15) is 0 Å². The molecule has 5 nitrogen and oxygen atoms in total. The average molecular weight is 285 g/mol. The maximum absolute atomic E-state index is 11.7. The lowest BCUT2D eigenvalue weighted by Crippen LogP contribution is -2.50. The van der Waals surface area contributed by atoms with Crippen LogP contribution in [0.4, 0.5) is 0 Å². The predicted octanol–water partition coefficient (Wildman–Crippen LogP) is 0.367. The highest BCUT2D eigenvalue weighted by Crippen LogP contribution is 2.07. The first-order valence-corrected chi connectivity index (χ1v) is 6.33. The van der Waals surface area contributed by atoms with Gasteiger partial charge in [-0.25, -0.2) is 0 Å². The number of carbonyl (C=O) groups excluding carboxylic acids is 1. The molecule has 1 aromatic rings. The van der Waals surface area contributed by atoms with Gasteiger partial charge in [-0.3, -0.25) is 14.7 Å². The molecular weight excluding hydrogens is 264 g/mol. The van der Waals surface area contributed by atoms with Gasteiger partial charge in [-0.1, -0.05) is 6.07 Å². The third-order valence-electron chi connectivity index (χ3n) is 3.18. The van der Waals surface area contributed by atoms with Crippen LogP contribution < -0.4 is 5.32 Å². The summed E-state index contributed by atoms with van der Waals surface area (Å²) < 4.78 is 0. The van der Waals surface area contributed by atoms with E-state index in [2.05, 4.69) is 21.3 Å². The van der Waals surface area contributed by atoms with Gasteiger partial charge in [0.25, 0.3) is 0 Å². The number of nitrogens with one attached hydrogen (secondary N) is 1. The van der Waals surface area contributed by atoms with Crippen molar-refractivity contribution in [3.63, 3.8) is 0 Å². The van der Waals surface area contributed by atoms with Crippen LogP contribution in [0.3, 0.4) is 0 Å². The lowest BCUT2D eigenvalue weighted by molar-refractivity contribution is -0.131. The Morgan fingerprint density at radius 1 is 1.37 bits per heavy atom. The molecule has 6 heteroatoms. The summed E-state index contributed by atoms with van der Waals surface area (Å²) in [5.74, 6) is 0.193. The summed E-state index contributed by atoms with van der Waals surface area (Å²) >= 11 is 0. The summed E-state index contributed by atoms with van der Waals surface area (Å²) in [6, 6.07) is 4.05. The van der Waals surface area contributed by atoms with Gasteiger partial charge in [-0.15, -0.1) is 12.4 Å². The summed E-state index contributed by atoms with van der Waals surface area (Å²) in [6.07, 6.45) is 3.69. The van der Waals surface area contributed by atoms with E-state index in [9.17, 15) is 4.79 Å². The van der Waals surface area contributed by atoms with Crippen molar-refractivity contribution in [1.29, 1.82) is 0 Å². The first-order valence-electron chi connectivity index (χ1n) is 6.33. The van der Waals surface area contributed by atoms with Crippen LogP contribution in [-0.2, 0) is 11.3 Å². The van der Waals surface area contributed by atoms with E-state index in [0.29, 0.717) is 6.54 Å². The van der Waals surface area contributed by atoms with Gasteiger partial charge >= 0.3 is 0 Å². The third-order valence-corrected chi connectivity index (χ3v) is 3.18. The largest absolute Gasteiger partial charge is 0.339 e. The molecule has 1 N–H and O–H groups in total. The number of aromatic nitrogens is 1. The maximum atomic E-state index is 11.7. The Kier molecular flexibility index (Phi) is 6.77. The highest BCUT2D eigenvalue weighted by atomic mass is 35.5. The molecule has 1 fully saturated rings. The molecule has 0 bridgehead atoms. The second-order valence-corrected chi connectivity index (χ2v) is 4.55. The van der Waals surface area contributed by atoms with Crippen LogP contribution in [0, 0.1) is 0 Å². The smallest absolute Gasteiger partial charge is 0.236 e. The molecule has 1 amide bonds. The van der Waals surface area contributed by atoms with E-state index in [-0.39, 0.29) is 18.3 Å². The zero-order valence-corrected chi connectivity index (χ0v) is 12.0. The molecular formula is C13H21ClN4O. The van der Waals surface area contributed by atoms with Crippen molar-refractivity contribution < 1.29 is 4.79 Å². The zero-order chi connectivity index (χ0) is 12.8. The van der Waals surface area contributed by atoms with Crippen molar-refractivity contribution in [2.24, 2.45) is 0 Å². The minimum absolute atomic E-state index is 0. The molecule has 0 unspecified atom stereocenters. The number of rotatable bonds is 4. The highest BCUT2D eigenvalue weighted by Gasteiger charge is 2.20. The van der Waals surface area contributed by atoms with E-state index in [1.165, 1.54) is 5.56 Å². The van der Waals surface area contributed by atoms with Crippen molar-refractivity contribution in [3.05, 3.63) is 30.1 Å². The van der Waals surface area contributed by atoms with Gasteiger partial charge in [-0.2, -0.15) is 0 Å². The molecule has 1 aliphatic heterocycles. The molecule has 1 saturated heterocycles. The van der Waals surface area contributed by atoms with Crippen LogP contribution in [0.2, 0.25) is 0 Å². The van der Waals surface area contributed by atoms with E-state index in [1.807, 2.05) is 17.2 Å². The van der Waals surface area contributed by atoms with Gasteiger partial charge < -0.3 is 10.2 Å². The molecule has 0 atom stereocenters. The van der Waals surface area contributed by atoms with Crippen molar-refractivity contribution >= 4 is 18.3 Å². The first-order chi connectivity index (χ1) is 8.79. The number of hydrogen-bond acceptors (Lipinski definition) is 4. The van der Waals surface area contributed by atoms with Crippen LogP contribution in [0.15, 0.2) is 24.5 Å². The Labute approximate surface area is 120 Å². The van der Waals surface area contributed by atoms with E-state index < -0.39 is 0 Å². The first kappa shape index (κ1) is 15.9. The average Bonchev–Trinajstić information content (AvgIpc) is 2.41. The lowest BCUT2D eigenvalue weighted by atomic mass is 10.2.